The molecule has 0 heterocycles. The number of unbranched alkanes of at least 4 members (excludes halogenated alkanes) is 2. The van der Waals surface area contributed by atoms with Crippen LogP contribution in [0.3, 0.4) is 0 Å². The Labute approximate surface area is 175 Å². The van der Waals surface area contributed by atoms with Gasteiger partial charge in [-0.05, 0) is 31.1 Å². The van der Waals surface area contributed by atoms with Crippen molar-refractivity contribution >= 4 is 11.6 Å². The first kappa shape index (κ1) is 21.2. The normalized spacial score (nSPS) is 21.9. The van der Waals surface area contributed by atoms with Crippen LogP contribution in [0.15, 0.2) is 72.8 Å². The van der Waals surface area contributed by atoms with E-state index in [2.05, 4.69) is 19.1 Å². The molecule has 0 amide bonds. The zero-order valence-corrected chi connectivity index (χ0v) is 17.4. The third kappa shape index (κ3) is 5.76. The van der Waals surface area contributed by atoms with E-state index in [-0.39, 0.29) is 29.3 Å². The Kier molecular flexibility index (Phi) is 7.98. The maximum atomic E-state index is 13.5. The minimum atomic E-state index is -0.114. The lowest BCUT2D eigenvalue weighted by Crippen LogP contribution is -2.35. The number of hydrogen-bond acceptors (Lipinski definition) is 2. The van der Waals surface area contributed by atoms with E-state index in [4.69, 9.17) is 0 Å². The standard InChI is InChI=1S/C27H32O2/c1-2-3-4-7-15-22-18-12-19-24(20-25(28)21-13-8-5-9-14-21)26(22)27(29)23-16-10-6-11-17-23/h5-11,13-17,22,24,26H,2-4,12,18-20H2,1H3/b15-7+/t22-,24-,26+/m0/s1. The highest BCUT2D eigenvalue weighted by Gasteiger charge is 2.38. The van der Waals surface area contributed by atoms with Gasteiger partial charge in [0.1, 0.15) is 0 Å². The third-order valence-electron chi connectivity index (χ3n) is 6.09. The van der Waals surface area contributed by atoms with Gasteiger partial charge in [0.05, 0.1) is 0 Å². The maximum absolute atomic E-state index is 13.5. The van der Waals surface area contributed by atoms with Gasteiger partial charge in [-0.15, -0.1) is 0 Å². The van der Waals surface area contributed by atoms with Crippen LogP contribution in [0.4, 0.5) is 0 Å². The Hall–Kier alpha value is -2.48. The van der Waals surface area contributed by atoms with Gasteiger partial charge in [0.15, 0.2) is 11.6 Å². The first-order valence-electron chi connectivity index (χ1n) is 11.0. The second-order valence-corrected chi connectivity index (χ2v) is 8.17. The maximum Gasteiger partial charge on any atom is 0.166 e. The molecule has 0 radical (unpaired) electrons. The predicted octanol–water partition coefficient (Wildman–Crippen LogP) is 6.92. The zero-order chi connectivity index (χ0) is 20.5. The highest BCUT2D eigenvalue weighted by atomic mass is 16.1. The summed E-state index contributed by atoms with van der Waals surface area (Å²) in [5.74, 6) is 0.557. The number of carbonyl (C=O) groups is 2. The molecule has 0 spiro atoms. The summed E-state index contributed by atoms with van der Waals surface area (Å²) >= 11 is 0. The molecule has 1 fully saturated rings. The van der Waals surface area contributed by atoms with Gasteiger partial charge in [-0.3, -0.25) is 9.59 Å². The van der Waals surface area contributed by atoms with Gasteiger partial charge in [0, 0.05) is 23.5 Å². The van der Waals surface area contributed by atoms with Crippen LogP contribution >= 0.6 is 0 Å². The molecule has 0 bridgehead atoms. The first-order chi connectivity index (χ1) is 14.2. The number of rotatable bonds is 9. The average Bonchev–Trinajstić information content (AvgIpc) is 2.77. The molecule has 3 rings (SSSR count). The summed E-state index contributed by atoms with van der Waals surface area (Å²) in [7, 11) is 0. The Bertz CT molecular complexity index is 807. The molecule has 2 aromatic carbocycles. The molecule has 0 unspecified atom stereocenters. The second kappa shape index (κ2) is 10.9. The van der Waals surface area contributed by atoms with Gasteiger partial charge in [-0.25, -0.2) is 0 Å². The second-order valence-electron chi connectivity index (χ2n) is 8.17. The number of hydrogen-bond donors (Lipinski definition) is 0. The summed E-state index contributed by atoms with van der Waals surface area (Å²) in [5.41, 5.74) is 1.52. The van der Waals surface area contributed by atoms with E-state index < -0.39 is 0 Å². The topological polar surface area (TPSA) is 34.1 Å². The lowest BCUT2D eigenvalue weighted by atomic mass is 9.67. The summed E-state index contributed by atoms with van der Waals surface area (Å²) in [6.07, 6.45) is 11.4. The summed E-state index contributed by atoms with van der Waals surface area (Å²) in [6.45, 7) is 2.20. The minimum absolute atomic E-state index is 0.102. The van der Waals surface area contributed by atoms with E-state index in [0.717, 1.165) is 36.8 Å². The Morgan fingerprint density at radius 3 is 2.24 bits per heavy atom. The molecule has 2 nitrogen and oxygen atoms in total. The lowest BCUT2D eigenvalue weighted by molar-refractivity contribution is 0.0724. The van der Waals surface area contributed by atoms with Crippen molar-refractivity contribution in [2.75, 3.05) is 0 Å². The van der Waals surface area contributed by atoms with E-state index in [1.54, 1.807) is 0 Å². The number of benzene rings is 2. The smallest absolute Gasteiger partial charge is 0.166 e. The molecule has 3 atom stereocenters. The van der Waals surface area contributed by atoms with Crippen molar-refractivity contribution in [3.8, 4) is 0 Å². The van der Waals surface area contributed by atoms with Crippen LogP contribution in [0, 0.1) is 17.8 Å². The van der Waals surface area contributed by atoms with Gasteiger partial charge in [0.25, 0.3) is 0 Å². The monoisotopic (exact) mass is 388 g/mol. The molecule has 2 heteroatoms. The zero-order valence-electron chi connectivity index (χ0n) is 17.4. The van der Waals surface area contributed by atoms with Crippen molar-refractivity contribution in [2.24, 2.45) is 17.8 Å². The Morgan fingerprint density at radius 2 is 1.59 bits per heavy atom. The molecular formula is C27H32O2. The highest BCUT2D eigenvalue weighted by molar-refractivity contribution is 6.00. The van der Waals surface area contributed by atoms with E-state index in [0.29, 0.717) is 6.42 Å². The highest BCUT2D eigenvalue weighted by Crippen LogP contribution is 2.40. The molecule has 0 saturated heterocycles. The van der Waals surface area contributed by atoms with Crippen molar-refractivity contribution in [2.45, 2.75) is 51.9 Å². The summed E-state index contributed by atoms with van der Waals surface area (Å²) in [5, 5.41) is 0. The molecular weight excluding hydrogens is 356 g/mol. The molecule has 1 aliphatic carbocycles. The molecule has 0 aliphatic heterocycles. The third-order valence-corrected chi connectivity index (χ3v) is 6.09. The van der Waals surface area contributed by atoms with Crippen LogP contribution in [0.5, 0.6) is 0 Å². The van der Waals surface area contributed by atoms with Crippen molar-refractivity contribution in [3.63, 3.8) is 0 Å². The van der Waals surface area contributed by atoms with Gasteiger partial charge in [0.2, 0.25) is 0 Å². The van der Waals surface area contributed by atoms with E-state index in [1.165, 1.54) is 12.8 Å². The van der Waals surface area contributed by atoms with Crippen molar-refractivity contribution in [1.29, 1.82) is 0 Å². The summed E-state index contributed by atoms with van der Waals surface area (Å²) in [4.78, 5) is 26.4. The van der Waals surface area contributed by atoms with E-state index >= 15 is 0 Å². The SMILES string of the molecule is CCCC/C=C/[C@H]1CCC[C@@H](CC(=O)c2ccccc2)[C@@H]1C(=O)c1ccccc1. The Balaban J connectivity index is 1.83. The van der Waals surface area contributed by atoms with E-state index in [9.17, 15) is 9.59 Å². The van der Waals surface area contributed by atoms with Crippen LogP contribution in [-0.2, 0) is 0 Å². The van der Waals surface area contributed by atoms with Crippen LogP contribution in [0.25, 0.3) is 0 Å². The van der Waals surface area contributed by atoms with Gasteiger partial charge in [-0.1, -0.05) is 99.0 Å². The molecule has 2 aromatic rings. The van der Waals surface area contributed by atoms with E-state index in [1.807, 2.05) is 60.7 Å². The largest absolute Gasteiger partial charge is 0.294 e. The molecule has 0 N–H and O–H groups in total. The first-order valence-corrected chi connectivity index (χ1v) is 11.0. The molecule has 1 aliphatic rings. The van der Waals surface area contributed by atoms with Crippen molar-refractivity contribution < 1.29 is 9.59 Å². The fraction of sp³-hybridized carbons (Fsp3) is 0.407. The van der Waals surface area contributed by atoms with Gasteiger partial charge >= 0.3 is 0 Å². The number of carbonyl (C=O) groups excluding carboxylic acids is 2. The van der Waals surface area contributed by atoms with Crippen LogP contribution in [-0.4, -0.2) is 11.6 Å². The molecule has 152 valence electrons. The number of allylic oxidation sites excluding steroid dienone is 2. The average molecular weight is 389 g/mol. The van der Waals surface area contributed by atoms with Gasteiger partial charge in [-0.2, -0.15) is 0 Å². The quantitative estimate of drug-likeness (QED) is 0.265. The van der Waals surface area contributed by atoms with Crippen LogP contribution in [0.1, 0.15) is 72.6 Å². The number of ketones is 2. The molecule has 1 saturated carbocycles. The summed E-state index contributed by atoms with van der Waals surface area (Å²) in [6, 6.07) is 19.1. The predicted molar refractivity (Wildman–Crippen MR) is 119 cm³/mol. The van der Waals surface area contributed by atoms with Gasteiger partial charge < -0.3 is 0 Å². The minimum Gasteiger partial charge on any atom is -0.294 e. The van der Waals surface area contributed by atoms with Crippen molar-refractivity contribution in [3.05, 3.63) is 83.9 Å². The van der Waals surface area contributed by atoms with Crippen LogP contribution < -0.4 is 0 Å². The number of Topliss-reactive ketones (excluding diaryl/α,β-unsaturated/α-hetero) is 2. The molecule has 0 aromatic heterocycles. The van der Waals surface area contributed by atoms with Crippen LogP contribution in [0.2, 0.25) is 0 Å². The Morgan fingerprint density at radius 1 is 0.931 bits per heavy atom. The van der Waals surface area contributed by atoms with Crippen molar-refractivity contribution in [1.82, 2.24) is 0 Å². The fourth-order valence-electron chi connectivity index (χ4n) is 4.55. The fourth-order valence-corrected chi connectivity index (χ4v) is 4.55. The summed E-state index contributed by atoms with van der Waals surface area (Å²) < 4.78 is 0. The molecule has 29 heavy (non-hydrogen) atoms. The lowest BCUT2D eigenvalue weighted by Gasteiger charge is -2.36.